The predicted molar refractivity (Wildman–Crippen MR) is 143 cm³/mol. The summed E-state index contributed by atoms with van der Waals surface area (Å²) in [6.45, 7) is -0.131. The van der Waals surface area contributed by atoms with Crippen LogP contribution in [-0.4, -0.2) is 65.7 Å². The zero-order valence-corrected chi connectivity index (χ0v) is 22.2. The molecule has 1 fully saturated rings. The van der Waals surface area contributed by atoms with Crippen molar-refractivity contribution in [2.24, 2.45) is 0 Å². The molecule has 1 amide bonds. The predicted octanol–water partition coefficient (Wildman–Crippen LogP) is 4.99. The maximum atomic E-state index is 12.8. The molecule has 2 aromatic carbocycles. The van der Waals surface area contributed by atoms with Gasteiger partial charge in [-0.15, -0.1) is 0 Å². The monoisotopic (exact) mass is 563 g/mol. The summed E-state index contributed by atoms with van der Waals surface area (Å²) in [5, 5.41) is 9.63. The minimum Gasteiger partial charge on any atom is -0.454 e. The van der Waals surface area contributed by atoms with Crippen LogP contribution < -0.4 is 20.7 Å². The van der Waals surface area contributed by atoms with Crippen LogP contribution in [0.25, 0.3) is 0 Å². The fourth-order valence-electron chi connectivity index (χ4n) is 3.81. The summed E-state index contributed by atoms with van der Waals surface area (Å²) < 4.78 is 43.2. The van der Waals surface area contributed by atoms with E-state index in [1.165, 1.54) is 0 Å². The molecule has 3 aromatic rings. The quantitative estimate of drug-likeness (QED) is 0.265. The lowest BCUT2D eigenvalue weighted by Crippen LogP contribution is -2.27. The minimum atomic E-state index is -4.56. The van der Waals surface area contributed by atoms with Gasteiger partial charge in [0.05, 0.1) is 5.54 Å². The molecule has 0 unspecified atom stereocenters. The number of halogens is 4. The van der Waals surface area contributed by atoms with Gasteiger partial charge in [0.25, 0.3) is 5.91 Å². The Morgan fingerprint density at radius 3 is 2.31 bits per heavy atom. The van der Waals surface area contributed by atoms with Gasteiger partial charge >= 0.3 is 12.2 Å². The Hall–Kier alpha value is -3.64. The summed E-state index contributed by atoms with van der Waals surface area (Å²) in [6, 6.07) is 13.4. The number of hydrogen-bond donors (Lipinski definition) is 3. The third-order valence-electron chi connectivity index (χ3n) is 5.95. The van der Waals surface area contributed by atoms with Crippen molar-refractivity contribution in [3.8, 4) is 6.01 Å². The molecule has 0 aliphatic heterocycles. The second-order valence-electron chi connectivity index (χ2n) is 9.50. The zero-order chi connectivity index (χ0) is 28.0. The van der Waals surface area contributed by atoms with Crippen LogP contribution in [-0.2, 0) is 5.54 Å². The molecule has 1 aromatic heterocycles. The molecule has 0 atom stereocenters. The first-order chi connectivity index (χ1) is 18.5. The fourth-order valence-corrected chi connectivity index (χ4v) is 3.93. The van der Waals surface area contributed by atoms with Crippen LogP contribution >= 0.6 is 11.6 Å². The Morgan fingerprint density at radius 2 is 1.69 bits per heavy atom. The van der Waals surface area contributed by atoms with Gasteiger partial charge in [-0.3, -0.25) is 4.79 Å². The molecule has 13 heteroatoms. The highest BCUT2D eigenvalue weighted by Crippen LogP contribution is 2.48. The Bertz CT molecular complexity index is 1270. The van der Waals surface area contributed by atoms with E-state index in [1.807, 2.05) is 31.1 Å². The summed E-state index contributed by atoms with van der Waals surface area (Å²) in [4.78, 5) is 26.8. The number of aromatic nitrogens is 3. The maximum absolute atomic E-state index is 12.8. The van der Waals surface area contributed by atoms with E-state index in [9.17, 15) is 18.0 Å². The lowest BCUT2D eigenvalue weighted by atomic mass is 10.1. The Balaban J connectivity index is 1.48. The van der Waals surface area contributed by atoms with E-state index >= 15 is 0 Å². The first-order valence-corrected chi connectivity index (χ1v) is 12.7. The zero-order valence-electron chi connectivity index (χ0n) is 21.5. The third kappa shape index (κ3) is 8.42. The summed E-state index contributed by atoms with van der Waals surface area (Å²) in [7, 11) is 3.93. The second-order valence-corrected chi connectivity index (χ2v) is 9.93. The number of carbonyl (C=O) groups is 1. The largest absolute Gasteiger partial charge is 0.454 e. The molecule has 0 radical (unpaired) electrons. The van der Waals surface area contributed by atoms with E-state index in [0.29, 0.717) is 22.8 Å². The summed E-state index contributed by atoms with van der Waals surface area (Å²) in [5.41, 5.74) is 1.48. The lowest BCUT2D eigenvalue weighted by molar-refractivity contribution is -0.154. The molecule has 3 N–H and O–H groups in total. The van der Waals surface area contributed by atoms with Crippen LogP contribution in [0.1, 0.15) is 35.2 Å². The van der Waals surface area contributed by atoms with Gasteiger partial charge in [-0.25, -0.2) is 0 Å². The molecule has 1 aliphatic rings. The summed E-state index contributed by atoms with van der Waals surface area (Å²) in [6.07, 6.45) is -2.18. The molecule has 208 valence electrons. The van der Waals surface area contributed by atoms with Crippen LogP contribution in [0.5, 0.6) is 6.01 Å². The Morgan fingerprint density at radius 1 is 1.03 bits per heavy atom. The average molecular weight is 564 g/mol. The molecule has 0 spiro atoms. The maximum Gasteiger partial charge on any atom is 0.422 e. The number of alkyl halides is 3. The SMILES string of the molecule is CN(C)CCCNC(=O)c1ccc(Nc2nc(NC3(c4ccc(Cl)cc4)CC3)nc(OCC(F)(F)F)n2)cc1. The number of amides is 1. The first-order valence-electron chi connectivity index (χ1n) is 12.3. The van der Waals surface area contributed by atoms with Crippen molar-refractivity contribution >= 4 is 35.1 Å². The van der Waals surface area contributed by atoms with Gasteiger partial charge in [-0.2, -0.15) is 28.1 Å². The Labute approximate surface area is 229 Å². The standard InChI is InChI=1S/C26H29ClF3N7O2/c1-37(2)15-3-14-31-21(38)17-4-10-20(11-5-17)32-22-33-23(35-24(34-22)39-16-26(28,29)30)36-25(12-13-25)18-6-8-19(27)9-7-18/h4-11H,3,12-16H2,1-2H3,(H,31,38)(H2,32,33,34,35,36). The van der Waals surface area contributed by atoms with Gasteiger partial charge < -0.3 is 25.6 Å². The highest BCUT2D eigenvalue weighted by atomic mass is 35.5. The molecule has 9 nitrogen and oxygen atoms in total. The molecule has 0 saturated heterocycles. The van der Waals surface area contributed by atoms with Crippen LogP contribution in [0, 0.1) is 0 Å². The number of hydrogen-bond acceptors (Lipinski definition) is 8. The van der Waals surface area contributed by atoms with Crippen molar-refractivity contribution in [2.45, 2.75) is 31.0 Å². The van der Waals surface area contributed by atoms with Gasteiger partial charge in [-0.05, 0) is 81.9 Å². The third-order valence-corrected chi connectivity index (χ3v) is 6.20. The van der Waals surface area contributed by atoms with Gasteiger partial charge in [0.15, 0.2) is 6.61 Å². The van der Waals surface area contributed by atoms with Crippen LogP contribution in [0.3, 0.4) is 0 Å². The fraction of sp³-hybridized carbons (Fsp3) is 0.385. The van der Waals surface area contributed by atoms with E-state index in [2.05, 4.69) is 30.9 Å². The van der Waals surface area contributed by atoms with E-state index in [-0.39, 0.29) is 17.8 Å². The minimum absolute atomic E-state index is 0.0162. The molecule has 1 aliphatic carbocycles. The molecule has 39 heavy (non-hydrogen) atoms. The van der Waals surface area contributed by atoms with Crippen molar-refractivity contribution in [3.05, 3.63) is 64.7 Å². The van der Waals surface area contributed by atoms with Gasteiger partial charge in [0.1, 0.15) is 0 Å². The van der Waals surface area contributed by atoms with Gasteiger partial charge in [-0.1, -0.05) is 23.7 Å². The van der Waals surface area contributed by atoms with Crippen LogP contribution in [0.4, 0.5) is 30.8 Å². The normalized spacial score (nSPS) is 14.1. The van der Waals surface area contributed by atoms with Gasteiger partial charge in [0.2, 0.25) is 11.9 Å². The number of carbonyl (C=O) groups excluding carboxylic acids is 1. The van der Waals surface area contributed by atoms with Crippen LogP contribution in [0.15, 0.2) is 48.5 Å². The molecular formula is C26H29ClF3N7O2. The van der Waals surface area contributed by atoms with Crippen molar-refractivity contribution < 1.29 is 22.7 Å². The number of rotatable bonds is 12. The average Bonchev–Trinajstić information content (AvgIpc) is 3.66. The van der Waals surface area contributed by atoms with Crippen molar-refractivity contribution in [1.82, 2.24) is 25.2 Å². The number of ether oxygens (including phenoxy) is 1. The Kier molecular flexibility index (Phi) is 8.76. The smallest absolute Gasteiger partial charge is 0.422 e. The molecule has 4 rings (SSSR count). The molecule has 1 saturated carbocycles. The van der Waals surface area contributed by atoms with E-state index < -0.39 is 24.3 Å². The number of nitrogens with zero attached hydrogens (tertiary/aromatic N) is 4. The van der Waals surface area contributed by atoms with Crippen molar-refractivity contribution in [3.63, 3.8) is 0 Å². The lowest BCUT2D eigenvalue weighted by Gasteiger charge is -2.19. The van der Waals surface area contributed by atoms with E-state index in [4.69, 9.17) is 16.3 Å². The topological polar surface area (TPSA) is 104 Å². The molecular weight excluding hydrogens is 535 g/mol. The van der Waals surface area contributed by atoms with E-state index in [1.54, 1.807) is 36.4 Å². The number of nitrogens with one attached hydrogen (secondary N) is 3. The summed E-state index contributed by atoms with van der Waals surface area (Å²) >= 11 is 6.00. The van der Waals surface area contributed by atoms with Crippen molar-refractivity contribution in [1.29, 1.82) is 0 Å². The van der Waals surface area contributed by atoms with Crippen LogP contribution in [0.2, 0.25) is 5.02 Å². The van der Waals surface area contributed by atoms with Crippen molar-refractivity contribution in [2.75, 3.05) is 44.4 Å². The van der Waals surface area contributed by atoms with Gasteiger partial charge in [0, 0.05) is 22.8 Å². The highest BCUT2D eigenvalue weighted by Gasteiger charge is 2.45. The van der Waals surface area contributed by atoms with E-state index in [0.717, 1.165) is 31.4 Å². The summed E-state index contributed by atoms with van der Waals surface area (Å²) in [5.74, 6) is -0.157. The number of benzene rings is 2. The molecule has 0 bridgehead atoms. The first kappa shape index (κ1) is 28.4. The number of anilines is 3. The second kappa shape index (κ2) is 12.0. The highest BCUT2D eigenvalue weighted by molar-refractivity contribution is 6.30. The molecule has 1 heterocycles.